The van der Waals surface area contributed by atoms with Crippen molar-refractivity contribution in [2.75, 3.05) is 46.0 Å². The number of amides is 2. The van der Waals surface area contributed by atoms with Gasteiger partial charge in [-0.1, -0.05) is 29.8 Å². The Morgan fingerprint density at radius 3 is 2.31 bits per heavy atom. The minimum Gasteiger partial charge on any atom is -0.490 e. The van der Waals surface area contributed by atoms with Crippen LogP contribution in [0.25, 0.3) is 0 Å². The normalized spacial score (nSPS) is 14.0. The van der Waals surface area contributed by atoms with Gasteiger partial charge >= 0.3 is 0 Å². The highest BCUT2D eigenvalue weighted by molar-refractivity contribution is 6.30. The van der Waals surface area contributed by atoms with Crippen molar-refractivity contribution in [1.82, 2.24) is 9.80 Å². The summed E-state index contributed by atoms with van der Waals surface area (Å²) in [5.41, 5.74) is 1.09. The van der Waals surface area contributed by atoms with Gasteiger partial charge in [0.2, 0.25) is 0 Å². The number of piperazine rings is 1. The maximum atomic E-state index is 13.0. The van der Waals surface area contributed by atoms with E-state index in [4.69, 9.17) is 21.1 Å². The van der Waals surface area contributed by atoms with Crippen molar-refractivity contribution in [1.29, 1.82) is 0 Å². The summed E-state index contributed by atoms with van der Waals surface area (Å²) in [5, 5.41) is 0.533. The standard InChI is InChI=1S/C22H25ClN2O4/c1-2-28-14-15-29-20-9-4-3-8-19(20)22(27)25-12-10-24(11-13-25)21(26)17-6-5-7-18(23)16-17/h3-9,16H,2,10-15H2,1H3. The molecule has 3 rings (SSSR count). The first-order chi connectivity index (χ1) is 14.1. The third-order valence-corrected chi connectivity index (χ3v) is 4.97. The predicted molar refractivity (Wildman–Crippen MR) is 112 cm³/mol. The van der Waals surface area contributed by atoms with Crippen LogP contribution in [-0.2, 0) is 4.74 Å². The van der Waals surface area contributed by atoms with Crippen LogP contribution in [0.1, 0.15) is 27.6 Å². The molecule has 0 atom stereocenters. The van der Waals surface area contributed by atoms with Crippen molar-refractivity contribution in [3.05, 3.63) is 64.7 Å². The molecular weight excluding hydrogens is 392 g/mol. The second-order valence-corrected chi connectivity index (χ2v) is 7.07. The van der Waals surface area contributed by atoms with E-state index in [9.17, 15) is 9.59 Å². The highest BCUT2D eigenvalue weighted by Gasteiger charge is 2.27. The molecule has 2 amide bonds. The van der Waals surface area contributed by atoms with Crippen molar-refractivity contribution < 1.29 is 19.1 Å². The number of ether oxygens (including phenoxy) is 2. The van der Waals surface area contributed by atoms with Gasteiger partial charge in [-0.3, -0.25) is 9.59 Å². The van der Waals surface area contributed by atoms with Gasteiger partial charge in [0.05, 0.1) is 12.2 Å². The summed E-state index contributed by atoms with van der Waals surface area (Å²) in [6.07, 6.45) is 0. The lowest BCUT2D eigenvalue weighted by molar-refractivity contribution is 0.0531. The molecule has 2 aromatic carbocycles. The second-order valence-electron chi connectivity index (χ2n) is 6.64. The first-order valence-electron chi connectivity index (χ1n) is 9.74. The molecule has 0 bridgehead atoms. The summed E-state index contributed by atoms with van der Waals surface area (Å²) in [6.45, 7) is 5.31. The monoisotopic (exact) mass is 416 g/mol. The van der Waals surface area contributed by atoms with Gasteiger partial charge in [-0.05, 0) is 37.3 Å². The van der Waals surface area contributed by atoms with Gasteiger partial charge in [0.25, 0.3) is 11.8 Å². The summed E-state index contributed by atoms with van der Waals surface area (Å²) < 4.78 is 11.0. The van der Waals surface area contributed by atoms with Gasteiger partial charge in [-0.25, -0.2) is 0 Å². The van der Waals surface area contributed by atoms with E-state index in [0.717, 1.165) is 0 Å². The molecule has 1 aliphatic heterocycles. The van der Waals surface area contributed by atoms with Gasteiger partial charge in [-0.15, -0.1) is 0 Å². The molecule has 0 aromatic heterocycles. The number of nitrogens with zero attached hydrogens (tertiary/aromatic N) is 2. The van der Waals surface area contributed by atoms with E-state index in [0.29, 0.717) is 67.9 Å². The fourth-order valence-electron chi connectivity index (χ4n) is 3.21. The zero-order valence-corrected chi connectivity index (χ0v) is 17.2. The number of carbonyl (C=O) groups excluding carboxylic acids is 2. The Hall–Kier alpha value is -2.57. The first-order valence-corrected chi connectivity index (χ1v) is 10.1. The van der Waals surface area contributed by atoms with E-state index >= 15 is 0 Å². The van der Waals surface area contributed by atoms with Crippen LogP contribution in [0.2, 0.25) is 5.02 Å². The van der Waals surface area contributed by atoms with E-state index in [1.807, 2.05) is 19.1 Å². The molecule has 0 radical (unpaired) electrons. The zero-order valence-electron chi connectivity index (χ0n) is 16.5. The Bertz CT molecular complexity index is 850. The topological polar surface area (TPSA) is 59.1 Å². The highest BCUT2D eigenvalue weighted by Crippen LogP contribution is 2.21. The van der Waals surface area contributed by atoms with E-state index in [2.05, 4.69) is 0 Å². The molecule has 0 aliphatic carbocycles. The maximum absolute atomic E-state index is 13.0. The Labute approximate surface area is 176 Å². The van der Waals surface area contributed by atoms with Gasteiger partial charge < -0.3 is 19.3 Å². The van der Waals surface area contributed by atoms with Gasteiger partial charge in [-0.2, -0.15) is 0 Å². The average Bonchev–Trinajstić information content (AvgIpc) is 2.76. The Morgan fingerprint density at radius 1 is 0.931 bits per heavy atom. The number of benzene rings is 2. The largest absolute Gasteiger partial charge is 0.490 e. The molecule has 0 spiro atoms. The third-order valence-electron chi connectivity index (χ3n) is 4.73. The fourth-order valence-corrected chi connectivity index (χ4v) is 3.40. The highest BCUT2D eigenvalue weighted by atomic mass is 35.5. The molecule has 0 saturated carbocycles. The SMILES string of the molecule is CCOCCOc1ccccc1C(=O)N1CCN(C(=O)c2cccc(Cl)c2)CC1. The lowest BCUT2D eigenvalue weighted by atomic mass is 10.1. The van der Waals surface area contributed by atoms with Crippen LogP contribution in [0.4, 0.5) is 0 Å². The van der Waals surface area contributed by atoms with E-state index in [1.54, 1.807) is 46.2 Å². The fraction of sp³-hybridized carbons (Fsp3) is 0.364. The molecule has 1 fully saturated rings. The van der Waals surface area contributed by atoms with E-state index in [1.165, 1.54) is 0 Å². The van der Waals surface area contributed by atoms with Crippen LogP contribution in [0, 0.1) is 0 Å². The number of hydrogen-bond acceptors (Lipinski definition) is 4. The van der Waals surface area contributed by atoms with Crippen LogP contribution in [0.15, 0.2) is 48.5 Å². The minimum absolute atomic E-state index is 0.0701. The Balaban J connectivity index is 1.59. The second kappa shape index (κ2) is 10.3. The van der Waals surface area contributed by atoms with Crippen LogP contribution in [0.3, 0.4) is 0 Å². The molecule has 7 heteroatoms. The molecule has 6 nitrogen and oxygen atoms in total. The van der Waals surface area contributed by atoms with E-state index < -0.39 is 0 Å². The summed E-state index contributed by atoms with van der Waals surface area (Å²) in [6, 6.07) is 14.1. The Kier molecular flexibility index (Phi) is 7.49. The average molecular weight is 417 g/mol. The Morgan fingerprint density at radius 2 is 1.62 bits per heavy atom. The smallest absolute Gasteiger partial charge is 0.257 e. The number of carbonyl (C=O) groups is 2. The number of para-hydroxylation sites is 1. The maximum Gasteiger partial charge on any atom is 0.257 e. The van der Waals surface area contributed by atoms with Gasteiger partial charge in [0.1, 0.15) is 12.4 Å². The van der Waals surface area contributed by atoms with Crippen molar-refractivity contribution in [3.63, 3.8) is 0 Å². The molecule has 1 saturated heterocycles. The molecular formula is C22H25ClN2O4. The van der Waals surface area contributed by atoms with Crippen molar-refractivity contribution in [3.8, 4) is 5.75 Å². The number of halogens is 1. The summed E-state index contributed by atoms with van der Waals surface area (Å²) in [5.74, 6) is 0.390. The van der Waals surface area contributed by atoms with Crippen LogP contribution in [0.5, 0.6) is 5.75 Å². The molecule has 0 N–H and O–H groups in total. The minimum atomic E-state index is -0.0909. The van der Waals surface area contributed by atoms with Crippen LogP contribution >= 0.6 is 11.6 Å². The van der Waals surface area contributed by atoms with Gasteiger partial charge in [0, 0.05) is 43.4 Å². The number of rotatable bonds is 7. The van der Waals surface area contributed by atoms with Crippen molar-refractivity contribution in [2.24, 2.45) is 0 Å². The summed E-state index contributed by atoms with van der Waals surface area (Å²) in [7, 11) is 0. The molecule has 2 aromatic rings. The summed E-state index contributed by atoms with van der Waals surface area (Å²) in [4.78, 5) is 29.2. The van der Waals surface area contributed by atoms with Crippen molar-refractivity contribution >= 4 is 23.4 Å². The lowest BCUT2D eigenvalue weighted by Gasteiger charge is -2.35. The van der Waals surface area contributed by atoms with Crippen molar-refractivity contribution in [2.45, 2.75) is 6.92 Å². The molecule has 154 valence electrons. The quantitative estimate of drug-likeness (QED) is 0.649. The van der Waals surface area contributed by atoms with Crippen LogP contribution in [-0.4, -0.2) is 67.6 Å². The number of hydrogen-bond donors (Lipinski definition) is 0. The van der Waals surface area contributed by atoms with Gasteiger partial charge in [0.15, 0.2) is 0 Å². The molecule has 1 aliphatic rings. The zero-order chi connectivity index (χ0) is 20.6. The van der Waals surface area contributed by atoms with Crippen LogP contribution < -0.4 is 4.74 Å². The van der Waals surface area contributed by atoms with E-state index in [-0.39, 0.29) is 11.8 Å². The first kappa shape index (κ1) is 21.1. The predicted octanol–water partition coefficient (Wildman–Crippen LogP) is 3.35. The molecule has 29 heavy (non-hydrogen) atoms. The molecule has 1 heterocycles. The molecule has 0 unspecified atom stereocenters. The third kappa shape index (κ3) is 5.49. The lowest BCUT2D eigenvalue weighted by Crippen LogP contribution is -2.50. The summed E-state index contributed by atoms with van der Waals surface area (Å²) >= 11 is 5.99.